The third kappa shape index (κ3) is 3.20. The lowest BCUT2D eigenvalue weighted by Crippen LogP contribution is -2.16. The van der Waals surface area contributed by atoms with Crippen LogP contribution in [0.1, 0.15) is 10.4 Å². The highest BCUT2D eigenvalue weighted by atomic mass is 32.2. The molecule has 0 spiro atoms. The number of primary amides is 1. The summed E-state index contributed by atoms with van der Waals surface area (Å²) in [4.78, 5) is 20.8. The Bertz CT molecular complexity index is 830. The monoisotopic (exact) mass is 322 g/mol. The quantitative estimate of drug-likeness (QED) is 0.504. The predicted molar refractivity (Wildman–Crippen MR) is 75.9 cm³/mol. The van der Waals surface area contributed by atoms with Crippen LogP contribution in [0.3, 0.4) is 0 Å². The number of amides is 1. The first kappa shape index (κ1) is 15.4. The van der Waals surface area contributed by atoms with Gasteiger partial charge in [-0.1, -0.05) is 12.1 Å². The molecule has 2 N–H and O–H groups in total. The molecule has 0 saturated carbocycles. The summed E-state index contributed by atoms with van der Waals surface area (Å²) in [5, 5.41) is 10.5. The predicted octanol–water partition coefficient (Wildman–Crippen LogP) is 1.46. The average molecular weight is 322 g/mol. The first-order chi connectivity index (χ1) is 10.3. The maximum atomic E-state index is 12.1. The highest BCUT2D eigenvalue weighted by Gasteiger charge is 2.20. The summed E-state index contributed by atoms with van der Waals surface area (Å²) in [6, 6.07) is 9.75. The minimum atomic E-state index is -4.24. The molecule has 8 nitrogen and oxygen atoms in total. The molecule has 0 saturated heterocycles. The van der Waals surface area contributed by atoms with Gasteiger partial charge in [0.15, 0.2) is 5.75 Å². The summed E-state index contributed by atoms with van der Waals surface area (Å²) in [6.45, 7) is 0. The van der Waals surface area contributed by atoms with Gasteiger partial charge in [0.25, 0.3) is 11.6 Å². The maximum absolute atomic E-state index is 12.1. The van der Waals surface area contributed by atoms with Crippen molar-refractivity contribution in [2.75, 3.05) is 0 Å². The van der Waals surface area contributed by atoms with E-state index in [1.807, 2.05) is 0 Å². The van der Waals surface area contributed by atoms with Crippen LogP contribution < -0.4 is 9.92 Å². The van der Waals surface area contributed by atoms with Crippen LogP contribution in [0.25, 0.3) is 0 Å². The Kier molecular flexibility index (Phi) is 4.08. The summed E-state index contributed by atoms with van der Waals surface area (Å²) in [5.41, 5.74) is 4.79. The van der Waals surface area contributed by atoms with Crippen LogP contribution >= 0.6 is 0 Å². The number of nitrogens with zero attached hydrogens (tertiary/aromatic N) is 1. The lowest BCUT2D eigenvalue weighted by atomic mass is 10.2. The van der Waals surface area contributed by atoms with Crippen LogP contribution in [0.5, 0.6) is 5.75 Å². The molecule has 2 aromatic rings. The van der Waals surface area contributed by atoms with Gasteiger partial charge >= 0.3 is 10.1 Å². The van der Waals surface area contributed by atoms with Crippen molar-refractivity contribution in [2.24, 2.45) is 5.73 Å². The maximum Gasteiger partial charge on any atom is 0.339 e. The van der Waals surface area contributed by atoms with Crippen LogP contribution in [-0.2, 0) is 10.1 Å². The number of hydrogen-bond acceptors (Lipinski definition) is 6. The van der Waals surface area contributed by atoms with E-state index in [1.165, 1.54) is 24.3 Å². The summed E-state index contributed by atoms with van der Waals surface area (Å²) in [6.07, 6.45) is 0. The Balaban J connectivity index is 2.36. The largest absolute Gasteiger partial charge is 0.378 e. The van der Waals surface area contributed by atoms with Crippen LogP contribution in [0, 0.1) is 10.1 Å². The smallest absolute Gasteiger partial charge is 0.339 e. The van der Waals surface area contributed by atoms with Crippen molar-refractivity contribution >= 4 is 21.7 Å². The molecule has 0 aliphatic heterocycles. The zero-order valence-corrected chi connectivity index (χ0v) is 11.8. The molecule has 2 rings (SSSR count). The number of non-ortho nitro benzene ring substituents is 1. The average Bonchev–Trinajstić information content (AvgIpc) is 2.47. The van der Waals surface area contributed by atoms with Crippen LogP contribution in [0.4, 0.5) is 5.69 Å². The van der Waals surface area contributed by atoms with Gasteiger partial charge in [0, 0.05) is 12.1 Å². The Morgan fingerprint density at radius 3 is 2.23 bits per heavy atom. The number of nitro groups is 1. The van der Waals surface area contributed by atoms with E-state index in [2.05, 4.69) is 0 Å². The Morgan fingerprint density at radius 2 is 1.68 bits per heavy atom. The molecule has 0 heterocycles. The van der Waals surface area contributed by atoms with E-state index in [4.69, 9.17) is 9.92 Å². The first-order valence-electron chi connectivity index (χ1n) is 5.89. The molecule has 0 unspecified atom stereocenters. The lowest BCUT2D eigenvalue weighted by molar-refractivity contribution is -0.384. The number of benzene rings is 2. The number of nitrogens with two attached hydrogens (primary N) is 1. The SMILES string of the molecule is NC(=O)c1ccccc1OS(=O)(=O)c1ccc([N+](=O)[O-])cc1. The molecule has 22 heavy (non-hydrogen) atoms. The second-order valence-corrected chi connectivity index (χ2v) is 5.70. The van der Waals surface area contributed by atoms with Gasteiger partial charge in [-0.2, -0.15) is 8.42 Å². The molecule has 0 aliphatic carbocycles. The number of para-hydroxylation sites is 1. The number of nitro benzene ring substituents is 1. The molecule has 9 heteroatoms. The van der Waals surface area contributed by atoms with Crippen molar-refractivity contribution in [1.29, 1.82) is 0 Å². The topological polar surface area (TPSA) is 130 Å². The summed E-state index contributed by atoms with van der Waals surface area (Å²) >= 11 is 0. The fraction of sp³-hybridized carbons (Fsp3) is 0. The van der Waals surface area contributed by atoms with Gasteiger partial charge in [-0.25, -0.2) is 0 Å². The van der Waals surface area contributed by atoms with Crippen LogP contribution in [0.15, 0.2) is 53.4 Å². The molecule has 0 radical (unpaired) electrons. The molecule has 0 fully saturated rings. The highest BCUT2D eigenvalue weighted by molar-refractivity contribution is 7.87. The number of rotatable bonds is 5. The van der Waals surface area contributed by atoms with E-state index in [1.54, 1.807) is 0 Å². The molecule has 1 amide bonds. The van der Waals surface area contributed by atoms with Gasteiger partial charge in [0.1, 0.15) is 4.90 Å². The fourth-order valence-corrected chi connectivity index (χ4v) is 2.59. The Morgan fingerprint density at radius 1 is 1.09 bits per heavy atom. The van der Waals surface area contributed by atoms with E-state index in [-0.39, 0.29) is 21.9 Å². The number of carbonyl (C=O) groups is 1. The standard InChI is InChI=1S/C13H10N2O6S/c14-13(16)11-3-1-2-4-12(11)21-22(19,20)10-7-5-9(6-8-10)15(17)18/h1-8H,(H2,14,16). The minimum absolute atomic E-state index is 0.0898. The van der Waals surface area contributed by atoms with Crippen molar-refractivity contribution in [2.45, 2.75) is 4.90 Å². The lowest BCUT2D eigenvalue weighted by Gasteiger charge is -2.09. The van der Waals surface area contributed by atoms with Gasteiger partial charge in [-0.05, 0) is 24.3 Å². The van der Waals surface area contributed by atoms with Gasteiger partial charge in [0.05, 0.1) is 10.5 Å². The highest BCUT2D eigenvalue weighted by Crippen LogP contribution is 2.23. The van der Waals surface area contributed by atoms with Crippen molar-refractivity contribution in [3.05, 3.63) is 64.2 Å². The third-order valence-corrected chi connectivity index (χ3v) is 3.94. The van der Waals surface area contributed by atoms with Crippen molar-refractivity contribution < 1.29 is 22.3 Å². The second-order valence-electron chi connectivity index (χ2n) is 4.15. The van der Waals surface area contributed by atoms with E-state index in [9.17, 15) is 23.3 Å². The molecule has 114 valence electrons. The van der Waals surface area contributed by atoms with E-state index in [0.29, 0.717) is 0 Å². The van der Waals surface area contributed by atoms with Gasteiger partial charge < -0.3 is 9.92 Å². The Hall–Kier alpha value is -2.94. The number of carbonyl (C=O) groups excluding carboxylic acids is 1. The van der Waals surface area contributed by atoms with Crippen LogP contribution in [-0.4, -0.2) is 19.2 Å². The fourth-order valence-electron chi connectivity index (χ4n) is 1.64. The summed E-state index contributed by atoms with van der Waals surface area (Å²) in [7, 11) is -4.24. The van der Waals surface area contributed by atoms with E-state index >= 15 is 0 Å². The zero-order valence-electron chi connectivity index (χ0n) is 11.0. The zero-order chi connectivity index (χ0) is 16.3. The molecule has 0 atom stereocenters. The molecule has 0 aromatic heterocycles. The molecule has 0 aliphatic rings. The minimum Gasteiger partial charge on any atom is -0.378 e. The third-order valence-electron chi connectivity index (χ3n) is 2.69. The molecular formula is C13H10N2O6S. The summed E-state index contributed by atoms with van der Waals surface area (Å²) in [5.74, 6) is -1.05. The normalized spacial score (nSPS) is 10.9. The molecule has 0 bridgehead atoms. The van der Waals surface area contributed by atoms with E-state index in [0.717, 1.165) is 24.3 Å². The Labute approximate surface area is 125 Å². The number of hydrogen-bond donors (Lipinski definition) is 1. The van der Waals surface area contributed by atoms with Crippen LogP contribution in [0.2, 0.25) is 0 Å². The van der Waals surface area contributed by atoms with Crippen molar-refractivity contribution in [3.63, 3.8) is 0 Å². The van der Waals surface area contributed by atoms with E-state index < -0.39 is 20.9 Å². The summed E-state index contributed by atoms with van der Waals surface area (Å²) < 4.78 is 29.1. The van der Waals surface area contributed by atoms with Gasteiger partial charge in [0.2, 0.25) is 0 Å². The molecular weight excluding hydrogens is 312 g/mol. The second kappa shape index (κ2) is 5.82. The van der Waals surface area contributed by atoms with Gasteiger partial charge in [-0.15, -0.1) is 0 Å². The van der Waals surface area contributed by atoms with Gasteiger partial charge in [-0.3, -0.25) is 14.9 Å². The first-order valence-corrected chi connectivity index (χ1v) is 7.30. The van der Waals surface area contributed by atoms with Crippen molar-refractivity contribution in [1.82, 2.24) is 0 Å². The molecule has 2 aromatic carbocycles. The van der Waals surface area contributed by atoms with Crippen molar-refractivity contribution in [3.8, 4) is 5.75 Å².